The molecule has 1 aromatic carbocycles. The topological polar surface area (TPSA) is 35.2 Å². The number of rotatable bonds is 6. The van der Waals surface area contributed by atoms with Gasteiger partial charge in [0.15, 0.2) is 0 Å². The van der Waals surface area contributed by atoms with Gasteiger partial charge in [0.1, 0.15) is 5.75 Å². The molecule has 0 atom stereocenters. The van der Waals surface area contributed by atoms with E-state index in [2.05, 4.69) is 19.9 Å². The van der Waals surface area contributed by atoms with Crippen LogP contribution in [-0.4, -0.2) is 7.11 Å². The Balaban J connectivity index is 2.83. The lowest BCUT2D eigenvalue weighted by molar-refractivity contribution is 0.413. The SMILES string of the molecule is CCCCCCc1c(C)cc(C)c(OC)c1N. The predicted molar refractivity (Wildman–Crippen MR) is 74.7 cm³/mol. The molecule has 2 heteroatoms. The second-order valence-corrected chi connectivity index (χ2v) is 4.75. The Hall–Kier alpha value is -1.18. The normalized spacial score (nSPS) is 10.6. The fourth-order valence-electron chi connectivity index (χ4n) is 2.37. The molecule has 0 fully saturated rings. The van der Waals surface area contributed by atoms with Gasteiger partial charge in [-0.2, -0.15) is 0 Å². The number of unbranched alkanes of at least 4 members (excludes halogenated alkanes) is 3. The number of methoxy groups -OCH3 is 1. The third kappa shape index (κ3) is 3.39. The number of hydrogen-bond acceptors (Lipinski definition) is 2. The molecule has 0 spiro atoms. The zero-order valence-electron chi connectivity index (χ0n) is 11.6. The molecule has 0 heterocycles. The van der Waals surface area contributed by atoms with Crippen molar-refractivity contribution in [3.05, 3.63) is 22.8 Å². The summed E-state index contributed by atoms with van der Waals surface area (Å²) in [5.41, 5.74) is 10.7. The highest BCUT2D eigenvalue weighted by Gasteiger charge is 2.11. The average Bonchev–Trinajstić information content (AvgIpc) is 2.28. The van der Waals surface area contributed by atoms with E-state index in [1.54, 1.807) is 7.11 Å². The molecule has 0 amide bonds. The van der Waals surface area contributed by atoms with Crippen molar-refractivity contribution >= 4 is 5.69 Å². The van der Waals surface area contributed by atoms with Crippen LogP contribution in [0.15, 0.2) is 6.07 Å². The molecule has 0 saturated heterocycles. The Morgan fingerprint density at radius 3 is 2.41 bits per heavy atom. The largest absolute Gasteiger partial charge is 0.494 e. The fourth-order valence-corrected chi connectivity index (χ4v) is 2.37. The number of aryl methyl sites for hydroxylation is 2. The highest BCUT2D eigenvalue weighted by atomic mass is 16.5. The van der Waals surface area contributed by atoms with Gasteiger partial charge in [0.05, 0.1) is 12.8 Å². The summed E-state index contributed by atoms with van der Waals surface area (Å²) >= 11 is 0. The van der Waals surface area contributed by atoms with E-state index in [-0.39, 0.29) is 0 Å². The summed E-state index contributed by atoms with van der Waals surface area (Å²) in [6, 6.07) is 2.17. The van der Waals surface area contributed by atoms with Crippen LogP contribution in [0.4, 0.5) is 5.69 Å². The minimum absolute atomic E-state index is 0.835. The number of nitrogen functional groups attached to an aromatic ring is 1. The molecule has 1 rings (SSSR count). The maximum atomic E-state index is 6.19. The second kappa shape index (κ2) is 6.53. The number of benzene rings is 1. The lowest BCUT2D eigenvalue weighted by Gasteiger charge is -2.15. The molecule has 0 aliphatic rings. The van der Waals surface area contributed by atoms with Gasteiger partial charge >= 0.3 is 0 Å². The number of nitrogens with two attached hydrogens (primary N) is 1. The van der Waals surface area contributed by atoms with Gasteiger partial charge in [-0.3, -0.25) is 0 Å². The molecule has 0 unspecified atom stereocenters. The first kappa shape index (κ1) is 13.9. The van der Waals surface area contributed by atoms with Crippen molar-refractivity contribution in [2.45, 2.75) is 52.9 Å². The quantitative estimate of drug-likeness (QED) is 0.597. The fraction of sp³-hybridized carbons (Fsp3) is 0.600. The van der Waals surface area contributed by atoms with Crippen LogP contribution in [0.1, 0.15) is 49.3 Å². The predicted octanol–water partition coefficient (Wildman–Crippen LogP) is 4.02. The summed E-state index contributed by atoms with van der Waals surface area (Å²) in [6.45, 7) is 6.41. The summed E-state index contributed by atoms with van der Waals surface area (Å²) in [6.07, 6.45) is 6.14. The molecule has 1 aromatic rings. The van der Waals surface area contributed by atoms with E-state index >= 15 is 0 Å². The van der Waals surface area contributed by atoms with Gasteiger partial charge in [-0.05, 0) is 43.4 Å². The molecule has 96 valence electrons. The van der Waals surface area contributed by atoms with Crippen molar-refractivity contribution in [1.82, 2.24) is 0 Å². The van der Waals surface area contributed by atoms with E-state index in [1.165, 1.54) is 36.8 Å². The van der Waals surface area contributed by atoms with E-state index in [0.717, 1.165) is 23.4 Å². The summed E-state index contributed by atoms with van der Waals surface area (Å²) < 4.78 is 5.37. The van der Waals surface area contributed by atoms with Crippen LogP contribution in [0.25, 0.3) is 0 Å². The van der Waals surface area contributed by atoms with Gasteiger partial charge < -0.3 is 10.5 Å². The van der Waals surface area contributed by atoms with Gasteiger partial charge in [-0.25, -0.2) is 0 Å². The maximum absolute atomic E-state index is 6.19. The first-order valence-electron chi connectivity index (χ1n) is 6.54. The van der Waals surface area contributed by atoms with Gasteiger partial charge in [0, 0.05) is 0 Å². The zero-order valence-corrected chi connectivity index (χ0v) is 11.6. The smallest absolute Gasteiger partial charge is 0.144 e. The van der Waals surface area contributed by atoms with E-state index in [9.17, 15) is 0 Å². The zero-order chi connectivity index (χ0) is 12.8. The Bertz CT molecular complexity index is 372. The molecular formula is C15H25NO. The van der Waals surface area contributed by atoms with Crippen LogP contribution in [0.2, 0.25) is 0 Å². The van der Waals surface area contributed by atoms with E-state index in [1.807, 2.05) is 6.92 Å². The van der Waals surface area contributed by atoms with Crippen molar-refractivity contribution in [2.24, 2.45) is 0 Å². The molecule has 2 nitrogen and oxygen atoms in total. The Labute approximate surface area is 105 Å². The Kier molecular flexibility index (Phi) is 5.33. The van der Waals surface area contributed by atoms with Crippen LogP contribution >= 0.6 is 0 Å². The summed E-state index contributed by atoms with van der Waals surface area (Å²) in [5, 5.41) is 0. The number of anilines is 1. The first-order chi connectivity index (χ1) is 8.11. The molecule has 0 radical (unpaired) electrons. The standard InChI is InChI=1S/C15H25NO/c1-5-6-7-8-9-13-11(2)10-12(3)15(17-4)14(13)16/h10H,5-9,16H2,1-4H3. The molecule has 0 aromatic heterocycles. The van der Waals surface area contributed by atoms with Crippen molar-refractivity contribution in [2.75, 3.05) is 12.8 Å². The van der Waals surface area contributed by atoms with Gasteiger partial charge in [0.2, 0.25) is 0 Å². The van der Waals surface area contributed by atoms with Gasteiger partial charge in [-0.1, -0.05) is 32.3 Å². The molecule has 0 aliphatic heterocycles. The van der Waals surface area contributed by atoms with Crippen molar-refractivity contribution in [1.29, 1.82) is 0 Å². The maximum Gasteiger partial charge on any atom is 0.144 e. The van der Waals surface area contributed by atoms with Crippen LogP contribution in [0.3, 0.4) is 0 Å². The van der Waals surface area contributed by atoms with Crippen molar-refractivity contribution < 1.29 is 4.74 Å². The second-order valence-electron chi connectivity index (χ2n) is 4.75. The average molecular weight is 235 g/mol. The lowest BCUT2D eigenvalue weighted by Crippen LogP contribution is -2.03. The molecule has 17 heavy (non-hydrogen) atoms. The summed E-state index contributed by atoms with van der Waals surface area (Å²) in [4.78, 5) is 0. The summed E-state index contributed by atoms with van der Waals surface area (Å²) in [5.74, 6) is 0.848. The molecule has 0 aliphatic carbocycles. The molecule has 0 saturated carbocycles. The van der Waals surface area contributed by atoms with Gasteiger partial charge in [-0.15, -0.1) is 0 Å². The van der Waals surface area contributed by atoms with Crippen molar-refractivity contribution in [3.63, 3.8) is 0 Å². The van der Waals surface area contributed by atoms with Crippen LogP contribution in [0.5, 0.6) is 5.75 Å². The molecular weight excluding hydrogens is 210 g/mol. The highest BCUT2D eigenvalue weighted by molar-refractivity contribution is 5.64. The van der Waals surface area contributed by atoms with E-state index in [0.29, 0.717) is 0 Å². The van der Waals surface area contributed by atoms with Gasteiger partial charge in [0.25, 0.3) is 0 Å². The van der Waals surface area contributed by atoms with Crippen molar-refractivity contribution in [3.8, 4) is 5.75 Å². The monoisotopic (exact) mass is 235 g/mol. The number of ether oxygens (including phenoxy) is 1. The number of hydrogen-bond donors (Lipinski definition) is 1. The molecule has 2 N–H and O–H groups in total. The molecule has 0 bridgehead atoms. The minimum Gasteiger partial charge on any atom is -0.494 e. The highest BCUT2D eigenvalue weighted by Crippen LogP contribution is 2.32. The van der Waals surface area contributed by atoms with Crippen LogP contribution in [0, 0.1) is 13.8 Å². The minimum atomic E-state index is 0.835. The lowest BCUT2D eigenvalue weighted by atomic mass is 9.97. The Morgan fingerprint density at radius 1 is 1.12 bits per heavy atom. The van der Waals surface area contributed by atoms with E-state index in [4.69, 9.17) is 10.5 Å². The van der Waals surface area contributed by atoms with Crippen LogP contribution < -0.4 is 10.5 Å². The first-order valence-corrected chi connectivity index (χ1v) is 6.54. The third-order valence-electron chi connectivity index (χ3n) is 3.32. The summed E-state index contributed by atoms with van der Waals surface area (Å²) in [7, 11) is 1.69. The van der Waals surface area contributed by atoms with E-state index < -0.39 is 0 Å². The Morgan fingerprint density at radius 2 is 1.82 bits per heavy atom. The third-order valence-corrected chi connectivity index (χ3v) is 3.32. The van der Waals surface area contributed by atoms with Crippen LogP contribution in [-0.2, 0) is 6.42 Å².